The third kappa shape index (κ3) is 2.91. The number of alkyl halides is 3. The van der Waals surface area contributed by atoms with Gasteiger partial charge in [-0.15, -0.1) is 0 Å². The molecule has 0 bridgehead atoms. The Morgan fingerprint density at radius 1 is 1.24 bits per heavy atom. The topological polar surface area (TPSA) is 40.5 Å². The van der Waals surface area contributed by atoms with Gasteiger partial charge >= 0.3 is 12.1 Å². The van der Waals surface area contributed by atoms with Gasteiger partial charge in [0.2, 0.25) is 0 Å². The van der Waals surface area contributed by atoms with Gasteiger partial charge in [0.25, 0.3) is 0 Å². The number of likely N-dealkylation sites (tertiary alicyclic amines) is 1. The van der Waals surface area contributed by atoms with Gasteiger partial charge in [0, 0.05) is 19.1 Å². The molecule has 2 saturated carbocycles. The van der Waals surface area contributed by atoms with Crippen molar-refractivity contribution in [2.45, 2.75) is 44.3 Å². The molecule has 17 heavy (non-hydrogen) atoms. The molecule has 3 fully saturated rings. The van der Waals surface area contributed by atoms with Crippen LogP contribution in [0.5, 0.6) is 0 Å². The number of halogens is 3. The number of nitrogens with zero attached hydrogens (tertiary/aromatic N) is 1. The van der Waals surface area contributed by atoms with Crippen LogP contribution in [0.3, 0.4) is 0 Å². The molecular weight excluding hydrogens is 235 g/mol. The molecule has 1 spiro atoms. The summed E-state index contributed by atoms with van der Waals surface area (Å²) in [5.41, 5.74) is 0.864. The Kier molecular flexibility index (Phi) is 3.10. The minimum atomic E-state index is -5.08. The number of carbonyl (C=O) groups is 1. The van der Waals surface area contributed by atoms with E-state index in [9.17, 15) is 13.2 Å². The van der Waals surface area contributed by atoms with E-state index in [4.69, 9.17) is 9.90 Å². The lowest BCUT2D eigenvalue weighted by molar-refractivity contribution is -0.192. The zero-order valence-corrected chi connectivity index (χ0v) is 9.46. The number of hydrogen-bond acceptors (Lipinski definition) is 2. The van der Waals surface area contributed by atoms with Crippen molar-refractivity contribution < 1.29 is 23.1 Å². The average molecular weight is 251 g/mol. The maximum absolute atomic E-state index is 10.6. The lowest BCUT2D eigenvalue weighted by atomic mass is 9.63. The lowest BCUT2D eigenvalue weighted by Gasteiger charge is -2.56. The molecule has 0 amide bonds. The fourth-order valence-corrected chi connectivity index (χ4v) is 2.51. The van der Waals surface area contributed by atoms with E-state index in [-0.39, 0.29) is 0 Å². The van der Waals surface area contributed by atoms with Gasteiger partial charge in [-0.2, -0.15) is 13.2 Å². The Morgan fingerprint density at radius 3 is 1.94 bits per heavy atom. The van der Waals surface area contributed by atoms with Crippen molar-refractivity contribution in [1.29, 1.82) is 0 Å². The fraction of sp³-hybridized carbons (Fsp3) is 0.909. The highest BCUT2D eigenvalue weighted by atomic mass is 19.4. The van der Waals surface area contributed by atoms with Crippen molar-refractivity contribution in [2.75, 3.05) is 13.1 Å². The first-order valence-corrected chi connectivity index (χ1v) is 5.87. The quantitative estimate of drug-likeness (QED) is 0.777. The van der Waals surface area contributed by atoms with E-state index in [1.807, 2.05) is 0 Å². The third-order valence-corrected chi connectivity index (χ3v) is 3.80. The zero-order chi connectivity index (χ0) is 12.7. The van der Waals surface area contributed by atoms with Gasteiger partial charge in [0.05, 0.1) is 0 Å². The molecule has 3 aliphatic rings. The SMILES string of the molecule is C1CC2(C1)CN(C1CC1)C2.O=C(O)C(F)(F)F. The van der Waals surface area contributed by atoms with Gasteiger partial charge in [-0.1, -0.05) is 6.42 Å². The molecule has 98 valence electrons. The maximum Gasteiger partial charge on any atom is 0.490 e. The van der Waals surface area contributed by atoms with Crippen LogP contribution in [0.15, 0.2) is 0 Å². The summed E-state index contributed by atoms with van der Waals surface area (Å²) in [6.45, 7) is 2.91. The molecule has 1 aliphatic heterocycles. The predicted molar refractivity (Wildman–Crippen MR) is 54.6 cm³/mol. The molecule has 1 heterocycles. The molecule has 0 radical (unpaired) electrons. The molecule has 0 atom stereocenters. The van der Waals surface area contributed by atoms with Gasteiger partial charge < -0.3 is 5.11 Å². The van der Waals surface area contributed by atoms with Gasteiger partial charge in [0.1, 0.15) is 0 Å². The Balaban J connectivity index is 0.000000139. The Bertz CT molecular complexity index is 300. The molecule has 3 nitrogen and oxygen atoms in total. The van der Waals surface area contributed by atoms with Crippen molar-refractivity contribution in [2.24, 2.45) is 5.41 Å². The predicted octanol–water partition coefficient (Wildman–Crippen LogP) is 2.27. The first-order chi connectivity index (χ1) is 7.82. The van der Waals surface area contributed by atoms with E-state index in [0.717, 1.165) is 11.5 Å². The second kappa shape index (κ2) is 4.15. The number of rotatable bonds is 1. The Hall–Kier alpha value is -0.780. The highest BCUT2D eigenvalue weighted by Gasteiger charge is 2.50. The monoisotopic (exact) mass is 251 g/mol. The summed E-state index contributed by atoms with van der Waals surface area (Å²) in [6.07, 6.45) is 2.50. The van der Waals surface area contributed by atoms with Crippen molar-refractivity contribution in [3.05, 3.63) is 0 Å². The molecule has 0 aromatic rings. The zero-order valence-electron chi connectivity index (χ0n) is 9.46. The second-order valence-corrected chi connectivity index (χ2v) is 5.29. The summed E-state index contributed by atoms with van der Waals surface area (Å²) < 4.78 is 31.7. The summed E-state index contributed by atoms with van der Waals surface area (Å²) in [5, 5.41) is 7.12. The summed E-state index contributed by atoms with van der Waals surface area (Å²) in [4.78, 5) is 11.6. The van der Waals surface area contributed by atoms with E-state index in [0.29, 0.717) is 0 Å². The first kappa shape index (κ1) is 12.7. The number of carboxylic acid groups (broad SMARTS) is 1. The summed E-state index contributed by atoms with van der Waals surface area (Å²) in [6, 6.07) is 1.03. The molecule has 6 heteroatoms. The van der Waals surface area contributed by atoms with E-state index in [1.54, 1.807) is 0 Å². The van der Waals surface area contributed by atoms with Crippen LogP contribution < -0.4 is 0 Å². The molecule has 1 saturated heterocycles. The lowest BCUT2D eigenvalue weighted by Crippen LogP contribution is -2.60. The van der Waals surface area contributed by atoms with E-state index in [1.165, 1.54) is 45.2 Å². The van der Waals surface area contributed by atoms with Crippen LogP contribution in [-0.2, 0) is 4.79 Å². The first-order valence-electron chi connectivity index (χ1n) is 5.87. The molecule has 2 aliphatic carbocycles. The molecule has 1 N–H and O–H groups in total. The second-order valence-electron chi connectivity index (χ2n) is 5.29. The van der Waals surface area contributed by atoms with Crippen LogP contribution in [0.4, 0.5) is 13.2 Å². The largest absolute Gasteiger partial charge is 0.490 e. The van der Waals surface area contributed by atoms with E-state index >= 15 is 0 Å². The minimum absolute atomic E-state index is 0.864. The Morgan fingerprint density at radius 2 is 1.71 bits per heavy atom. The van der Waals surface area contributed by atoms with Crippen LogP contribution in [0, 0.1) is 5.41 Å². The molecular formula is C11H16F3NO2. The molecule has 3 rings (SSSR count). The van der Waals surface area contributed by atoms with Gasteiger partial charge in [-0.3, -0.25) is 4.90 Å². The van der Waals surface area contributed by atoms with Crippen molar-refractivity contribution in [1.82, 2.24) is 4.90 Å². The van der Waals surface area contributed by atoms with Gasteiger partial charge in [-0.05, 0) is 31.1 Å². The molecule has 0 aromatic heterocycles. The molecule has 0 unspecified atom stereocenters. The number of aliphatic carboxylic acids is 1. The smallest absolute Gasteiger partial charge is 0.475 e. The standard InChI is InChI=1S/C9H15N.C2HF3O2/c1-4-9(5-1)6-10(7-9)8-2-3-8;3-2(4,5)1(6)7/h8H,1-7H2;(H,6,7). The average Bonchev–Trinajstić information content (AvgIpc) is 2.81. The highest BCUT2D eigenvalue weighted by Crippen LogP contribution is 2.51. The third-order valence-electron chi connectivity index (χ3n) is 3.80. The van der Waals surface area contributed by atoms with Gasteiger partial charge in [-0.25, -0.2) is 4.79 Å². The highest BCUT2D eigenvalue weighted by molar-refractivity contribution is 5.73. The van der Waals surface area contributed by atoms with E-state index < -0.39 is 12.1 Å². The van der Waals surface area contributed by atoms with Gasteiger partial charge in [0.15, 0.2) is 0 Å². The minimum Gasteiger partial charge on any atom is -0.475 e. The van der Waals surface area contributed by atoms with Crippen molar-refractivity contribution in [3.8, 4) is 0 Å². The maximum atomic E-state index is 10.6. The van der Waals surface area contributed by atoms with Crippen LogP contribution in [0.1, 0.15) is 32.1 Å². The van der Waals surface area contributed by atoms with Crippen LogP contribution >= 0.6 is 0 Å². The summed E-state index contributed by atoms with van der Waals surface area (Å²) in [5.74, 6) is -2.76. The van der Waals surface area contributed by atoms with E-state index in [2.05, 4.69) is 4.90 Å². The molecule has 0 aromatic carbocycles. The summed E-state index contributed by atoms with van der Waals surface area (Å²) >= 11 is 0. The fourth-order valence-electron chi connectivity index (χ4n) is 2.51. The Labute approximate surface area is 97.6 Å². The van der Waals surface area contributed by atoms with Crippen molar-refractivity contribution in [3.63, 3.8) is 0 Å². The van der Waals surface area contributed by atoms with Crippen LogP contribution in [-0.4, -0.2) is 41.3 Å². The van der Waals surface area contributed by atoms with Crippen molar-refractivity contribution >= 4 is 5.97 Å². The van der Waals surface area contributed by atoms with Crippen LogP contribution in [0.25, 0.3) is 0 Å². The normalized spacial score (nSPS) is 26.5. The number of hydrogen-bond donors (Lipinski definition) is 1. The summed E-state index contributed by atoms with van der Waals surface area (Å²) in [7, 11) is 0. The van der Waals surface area contributed by atoms with Crippen LogP contribution in [0.2, 0.25) is 0 Å². The number of carboxylic acids is 1.